The molecule has 0 aliphatic carbocycles. The number of nitrogens with zero attached hydrogens (tertiary/aromatic N) is 1. The molecule has 114 valence electrons. The molecule has 20 heavy (non-hydrogen) atoms. The zero-order chi connectivity index (χ0) is 14.5. The van der Waals surface area contributed by atoms with Gasteiger partial charge in [0.25, 0.3) is 0 Å². The number of carboxylic acids is 1. The molecule has 2 N–H and O–H groups in total. The van der Waals surface area contributed by atoms with Crippen LogP contribution in [0.25, 0.3) is 0 Å². The molecule has 2 rings (SSSR count). The van der Waals surface area contributed by atoms with Crippen LogP contribution >= 0.6 is 0 Å². The van der Waals surface area contributed by atoms with E-state index in [1.54, 1.807) is 4.90 Å². The number of hydrogen-bond donors (Lipinski definition) is 2. The summed E-state index contributed by atoms with van der Waals surface area (Å²) in [5.74, 6) is 0.414. The molecule has 0 aromatic rings. The topological polar surface area (TPSA) is 86.7 Å². The van der Waals surface area contributed by atoms with Gasteiger partial charge in [-0.05, 0) is 25.7 Å². The van der Waals surface area contributed by atoms with Gasteiger partial charge in [0.05, 0.1) is 12.5 Å². The highest BCUT2D eigenvalue weighted by Gasteiger charge is 2.27. The summed E-state index contributed by atoms with van der Waals surface area (Å²) in [6.45, 7) is 1.37. The van der Waals surface area contributed by atoms with Gasteiger partial charge in [-0.1, -0.05) is 0 Å². The predicted molar refractivity (Wildman–Crippen MR) is 75.8 cm³/mol. The summed E-state index contributed by atoms with van der Waals surface area (Å²) in [5.41, 5.74) is 0. The minimum absolute atomic E-state index is 0.0422. The van der Waals surface area contributed by atoms with Gasteiger partial charge in [-0.3, -0.25) is 13.8 Å². The van der Waals surface area contributed by atoms with Crippen LogP contribution in [0.1, 0.15) is 25.7 Å². The monoisotopic (exact) mass is 302 g/mol. The van der Waals surface area contributed by atoms with E-state index in [1.807, 2.05) is 0 Å². The van der Waals surface area contributed by atoms with Gasteiger partial charge < -0.3 is 15.3 Å². The van der Waals surface area contributed by atoms with Crippen molar-refractivity contribution in [3.63, 3.8) is 0 Å². The molecular weight excluding hydrogens is 280 g/mol. The molecule has 2 aliphatic heterocycles. The maximum absolute atomic E-state index is 12.0. The number of rotatable bonds is 4. The van der Waals surface area contributed by atoms with Crippen LogP contribution in [0.5, 0.6) is 0 Å². The number of likely N-dealkylation sites (tertiary alicyclic amines) is 1. The Labute approximate surface area is 121 Å². The third kappa shape index (κ3) is 4.28. The summed E-state index contributed by atoms with van der Waals surface area (Å²) in [6, 6.07) is 0.285. The van der Waals surface area contributed by atoms with Gasteiger partial charge in [-0.15, -0.1) is 0 Å². The maximum atomic E-state index is 12.0. The van der Waals surface area contributed by atoms with Crippen molar-refractivity contribution >= 4 is 22.7 Å². The van der Waals surface area contributed by atoms with Crippen LogP contribution < -0.4 is 5.32 Å². The van der Waals surface area contributed by atoms with E-state index in [0.29, 0.717) is 32.5 Å². The van der Waals surface area contributed by atoms with Crippen LogP contribution in [0, 0.1) is 5.92 Å². The van der Waals surface area contributed by atoms with E-state index in [1.165, 1.54) is 0 Å². The summed E-state index contributed by atoms with van der Waals surface area (Å²) in [6.07, 6.45) is 2.81. The number of piperidine rings is 1. The molecule has 0 saturated carbocycles. The summed E-state index contributed by atoms with van der Waals surface area (Å²) >= 11 is 0. The minimum Gasteiger partial charge on any atom is -0.481 e. The van der Waals surface area contributed by atoms with Crippen LogP contribution in [0.3, 0.4) is 0 Å². The molecule has 0 atom stereocenters. The lowest BCUT2D eigenvalue weighted by atomic mass is 9.97. The molecule has 2 fully saturated rings. The number of amides is 1. The quantitative estimate of drug-likeness (QED) is 0.752. The summed E-state index contributed by atoms with van der Waals surface area (Å²) < 4.78 is 11.2. The van der Waals surface area contributed by atoms with Crippen molar-refractivity contribution < 1.29 is 18.9 Å². The van der Waals surface area contributed by atoms with Crippen LogP contribution in [0.15, 0.2) is 0 Å². The fourth-order valence-corrected chi connectivity index (χ4v) is 4.02. The molecule has 0 unspecified atom stereocenters. The van der Waals surface area contributed by atoms with Gasteiger partial charge in [0.2, 0.25) is 5.91 Å². The predicted octanol–water partition coefficient (Wildman–Crippen LogP) is -0.190. The van der Waals surface area contributed by atoms with Gasteiger partial charge in [0.1, 0.15) is 0 Å². The lowest BCUT2D eigenvalue weighted by molar-refractivity contribution is -0.145. The van der Waals surface area contributed by atoms with E-state index >= 15 is 0 Å². The van der Waals surface area contributed by atoms with Crippen LogP contribution in [0.4, 0.5) is 0 Å². The van der Waals surface area contributed by atoms with E-state index < -0.39 is 16.8 Å². The second-order valence-corrected chi connectivity index (χ2v) is 7.19. The Balaban J connectivity index is 1.68. The largest absolute Gasteiger partial charge is 0.481 e. The average molecular weight is 302 g/mol. The Kier molecular flexibility index (Phi) is 5.54. The first-order valence-corrected chi connectivity index (χ1v) is 8.64. The van der Waals surface area contributed by atoms with Gasteiger partial charge in [-0.2, -0.15) is 0 Å². The zero-order valence-corrected chi connectivity index (χ0v) is 12.4. The molecule has 7 heteroatoms. The molecule has 0 aromatic carbocycles. The van der Waals surface area contributed by atoms with Crippen molar-refractivity contribution in [2.24, 2.45) is 5.92 Å². The maximum Gasteiger partial charge on any atom is 0.306 e. The Bertz CT molecular complexity index is 384. The van der Waals surface area contributed by atoms with E-state index in [0.717, 1.165) is 24.3 Å². The molecule has 2 heterocycles. The number of carbonyl (C=O) groups excluding carboxylic acids is 1. The first-order valence-electron chi connectivity index (χ1n) is 7.15. The second-order valence-electron chi connectivity index (χ2n) is 5.50. The average Bonchev–Trinajstić information content (AvgIpc) is 2.46. The molecule has 0 aromatic heterocycles. The first-order chi connectivity index (χ1) is 9.56. The molecule has 0 radical (unpaired) electrons. The summed E-state index contributed by atoms with van der Waals surface area (Å²) in [7, 11) is -0.679. The Morgan fingerprint density at radius 3 is 2.30 bits per heavy atom. The Morgan fingerprint density at radius 2 is 1.75 bits per heavy atom. The Morgan fingerprint density at radius 1 is 1.15 bits per heavy atom. The SMILES string of the molecule is O=C(O)C1CCN(C(=O)CNC2CCS(=O)CC2)CC1. The van der Waals surface area contributed by atoms with Gasteiger partial charge in [0.15, 0.2) is 0 Å². The second kappa shape index (κ2) is 7.17. The molecular formula is C13H22N2O4S. The lowest BCUT2D eigenvalue weighted by Gasteiger charge is -2.31. The Hall–Kier alpha value is -0.950. The zero-order valence-electron chi connectivity index (χ0n) is 11.5. The summed E-state index contributed by atoms with van der Waals surface area (Å²) in [4.78, 5) is 24.6. The molecule has 0 bridgehead atoms. The smallest absolute Gasteiger partial charge is 0.306 e. The number of nitrogens with one attached hydrogen (secondary N) is 1. The van der Waals surface area contributed by atoms with Gasteiger partial charge in [-0.25, -0.2) is 0 Å². The first kappa shape index (κ1) is 15.4. The van der Waals surface area contributed by atoms with Gasteiger partial charge >= 0.3 is 5.97 Å². The van der Waals surface area contributed by atoms with E-state index in [2.05, 4.69) is 5.32 Å². The number of carboxylic acid groups (broad SMARTS) is 1. The standard InChI is InChI=1S/C13H22N2O4S/c16-12(9-14-11-3-7-20(19)8-4-11)15-5-1-10(2-6-15)13(17)18/h10-11,14H,1-9H2,(H,17,18). The van der Waals surface area contributed by atoms with Crippen molar-refractivity contribution in [3.8, 4) is 0 Å². The highest BCUT2D eigenvalue weighted by molar-refractivity contribution is 7.85. The molecule has 2 aliphatic rings. The van der Waals surface area contributed by atoms with Crippen LogP contribution in [-0.2, 0) is 20.4 Å². The lowest BCUT2D eigenvalue weighted by Crippen LogP contribution is -2.46. The molecule has 2 saturated heterocycles. The van der Waals surface area contributed by atoms with Crippen molar-refractivity contribution in [2.75, 3.05) is 31.1 Å². The number of hydrogen-bond acceptors (Lipinski definition) is 4. The highest BCUT2D eigenvalue weighted by atomic mass is 32.2. The summed E-state index contributed by atoms with van der Waals surface area (Å²) in [5, 5.41) is 12.1. The minimum atomic E-state index is -0.759. The normalized spacial score (nSPS) is 28.3. The third-order valence-electron chi connectivity index (χ3n) is 4.13. The molecule has 1 amide bonds. The van der Waals surface area contributed by atoms with Crippen LogP contribution in [0.2, 0.25) is 0 Å². The number of aliphatic carboxylic acids is 1. The fraction of sp³-hybridized carbons (Fsp3) is 0.846. The van der Waals surface area contributed by atoms with E-state index in [4.69, 9.17) is 5.11 Å². The van der Waals surface area contributed by atoms with Gasteiger partial charge in [0, 0.05) is 41.4 Å². The van der Waals surface area contributed by atoms with E-state index in [-0.39, 0.29) is 17.9 Å². The van der Waals surface area contributed by atoms with Crippen molar-refractivity contribution in [2.45, 2.75) is 31.7 Å². The van der Waals surface area contributed by atoms with E-state index in [9.17, 15) is 13.8 Å². The molecule has 0 spiro atoms. The fourth-order valence-electron chi connectivity index (χ4n) is 2.72. The van der Waals surface area contributed by atoms with Crippen molar-refractivity contribution in [3.05, 3.63) is 0 Å². The number of carbonyl (C=O) groups is 2. The van der Waals surface area contributed by atoms with Crippen molar-refractivity contribution in [1.82, 2.24) is 10.2 Å². The van der Waals surface area contributed by atoms with Crippen LogP contribution in [-0.4, -0.2) is 63.3 Å². The van der Waals surface area contributed by atoms with Crippen molar-refractivity contribution in [1.29, 1.82) is 0 Å². The highest BCUT2D eigenvalue weighted by Crippen LogP contribution is 2.17. The molecule has 6 nitrogen and oxygen atoms in total. The third-order valence-corrected chi connectivity index (χ3v) is 5.51.